The van der Waals surface area contributed by atoms with Gasteiger partial charge in [0.05, 0.1) is 7.11 Å². The van der Waals surface area contributed by atoms with Crippen LogP contribution in [-0.2, 0) is 11.2 Å². The lowest BCUT2D eigenvalue weighted by atomic mass is 9.98. The standard InChI is InChI=1S/C11H14ClNO3/c1-11(2,15)8(14)6-7-4-5-9(12)13-10(7)16-3/h4-5,15H,6H2,1-3H3. The van der Waals surface area contributed by atoms with E-state index in [0.29, 0.717) is 16.6 Å². The Bertz CT molecular complexity index is 399. The van der Waals surface area contributed by atoms with E-state index in [1.54, 1.807) is 12.1 Å². The fourth-order valence-electron chi connectivity index (χ4n) is 1.15. The third-order valence-corrected chi connectivity index (χ3v) is 2.34. The first-order valence-corrected chi connectivity index (χ1v) is 5.17. The van der Waals surface area contributed by atoms with Crippen LogP contribution in [0.2, 0.25) is 5.15 Å². The third kappa shape index (κ3) is 3.18. The molecular formula is C11H14ClNO3. The molecule has 0 aliphatic carbocycles. The molecule has 0 spiro atoms. The Kier molecular flexibility index (Phi) is 3.88. The van der Waals surface area contributed by atoms with Gasteiger partial charge in [-0.25, -0.2) is 4.98 Å². The number of carbonyl (C=O) groups is 1. The number of hydrogen-bond acceptors (Lipinski definition) is 4. The van der Waals surface area contributed by atoms with E-state index in [1.165, 1.54) is 21.0 Å². The van der Waals surface area contributed by atoms with Crippen molar-refractivity contribution >= 4 is 17.4 Å². The Morgan fingerprint density at radius 2 is 2.19 bits per heavy atom. The number of halogens is 1. The molecule has 1 N–H and O–H groups in total. The average Bonchev–Trinajstić information content (AvgIpc) is 2.19. The van der Waals surface area contributed by atoms with Crippen molar-refractivity contribution < 1.29 is 14.6 Å². The molecule has 0 radical (unpaired) electrons. The van der Waals surface area contributed by atoms with Gasteiger partial charge in [-0.2, -0.15) is 0 Å². The first-order valence-electron chi connectivity index (χ1n) is 4.79. The van der Waals surface area contributed by atoms with Gasteiger partial charge >= 0.3 is 0 Å². The summed E-state index contributed by atoms with van der Waals surface area (Å²) in [6.45, 7) is 2.90. The van der Waals surface area contributed by atoms with Gasteiger partial charge in [-0.3, -0.25) is 4.79 Å². The van der Waals surface area contributed by atoms with Crippen molar-refractivity contribution in [1.82, 2.24) is 4.98 Å². The molecule has 0 aliphatic heterocycles. The molecule has 1 rings (SSSR count). The summed E-state index contributed by atoms with van der Waals surface area (Å²) in [6.07, 6.45) is 0.0663. The summed E-state index contributed by atoms with van der Waals surface area (Å²) in [5, 5.41) is 9.83. The van der Waals surface area contributed by atoms with Gasteiger partial charge in [-0.1, -0.05) is 17.7 Å². The second kappa shape index (κ2) is 4.80. The number of carbonyl (C=O) groups excluding carboxylic acids is 1. The predicted octanol–water partition coefficient (Wildman–Crippen LogP) is 1.63. The summed E-state index contributed by atoms with van der Waals surface area (Å²) < 4.78 is 5.01. The van der Waals surface area contributed by atoms with E-state index in [1.807, 2.05) is 0 Å². The van der Waals surface area contributed by atoms with Gasteiger partial charge in [0.1, 0.15) is 10.8 Å². The number of aliphatic hydroxyl groups is 1. The predicted molar refractivity (Wildman–Crippen MR) is 60.8 cm³/mol. The molecule has 0 saturated heterocycles. The molecule has 0 atom stereocenters. The van der Waals surface area contributed by atoms with Crippen molar-refractivity contribution in [2.45, 2.75) is 25.9 Å². The van der Waals surface area contributed by atoms with E-state index in [9.17, 15) is 9.90 Å². The normalized spacial score (nSPS) is 11.3. The zero-order valence-corrected chi connectivity index (χ0v) is 10.2. The number of rotatable bonds is 4. The maximum Gasteiger partial charge on any atom is 0.218 e. The summed E-state index contributed by atoms with van der Waals surface area (Å²) in [6, 6.07) is 3.24. The first kappa shape index (κ1) is 12.9. The molecular weight excluding hydrogens is 230 g/mol. The molecule has 1 aromatic rings. The Morgan fingerprint density at radius 3 is 2.69 bits per heavy atom. The van der Waals surface area contributed by atoms with Crippen LogP contribution in [0.5, 0.6) is 5.88 Å². The van der Waals surface area contributed by atoms with Gasteiger partial charge in [-0.15, -0.1) is 0 Å². The zero-order valence-electron chi connectivity index (χ0n) is 9.45. The molecule has 88 valence electrons. The lowest BCUT2D eigenvalue weighted by Crippen LogP contribution is -2.32. The molecule has 0 unspecified atom stereocenters. The molecule has 16 heavy (non-hydrogen) atoms. The Labute approximate surface area is 99.2 Å². The second-order valence-electron chi connectivity index (χ2n) is 3.96. The minimum atomic E-state index is -1.36. The van der Waals surface area contributed by atoms with Crippen molar-refractivity contribution in [3.8, 4) is 5.88 Å². The van der Waals surface area contributed by atoms with E-state index in [4.69, 9.17) is 16.3 Å². The van der Waals surface area contributed by atoms with Crippen molar-refractivity contribution in [2.24, 2.45) is 0 Å². The quantitative estimate of drug-likeness (QED) is 0.817. The summed E-state index contributed by atoms with van der Waals surface area (Å²) in [4.78, 5) is 15.6. The van der Waals surface area contributed by atoms with Gasteiger partial charge in [-0.05, 0) is 19.9 Å². The van der Waals surface area contributed by atoms with E-state index >= 15 is 0 Å². The van der Waals surface area contributed by atoms with Crippen molar-refractivity contribution in [3.05, 3.63) is 22.8 Å². The molecule has 0 aliphatic rings. The monoisotopic (exact) mass is 243 g/mol. The number of ether oxygens (including phenoxy) is 1. The number of aromatic nitrogens is 1. The Hall–Kier alpha value is -1.13. The molecule has 0 bridgehead atoms. The van der Waals surface area contributed by atoms with Crippen LogP contribution in [0.25, 0.3) is 0 Å². The van der Waals surface area contributed by atoms with Crippen molar-refractivity contribution in [2.75, 3.05) is 7.11 Å². The number of nitrogens with zero attached hydrogens (tertiary/aromatic N) is 1. The minimum absolute atomic E-state index is 0.0663. The molecule has 0 fully saturated rings. The van der Waals surface area contributed by atoms with E-state index < -0.39 is 5.60 Å². The van der Waals surface area contributed by atoms with Gasteiger partial charge < -0.3 is 9.84 Å². The Morgan fingerprint density at radius 1 is 1.56 bits per heavy atom. The fraction of sp³-hybridized carbons (Fsp3) is 0.455. The molecule has 1 heterocycles. The van der Waals surface area contributed by atoms with Crippen LogP contribution in [-0.4, -0.2) is 28.6 Å². The number of methoxy groups -OCH3 is 1. The van der Waals surface area contributed by atoms with Crippen LogP contribution in [0.3, 0.4) is 0 Å². The minimum Gasteiger partial charge on any atom is -0.481 e. The molecule has 0 saturated carbocycles. The average molecular weight is 244 g/mol. The molecule has 0 aromatic carbocycles. The second-order valence-corrected chi connectivity index (χ2v) is 4.35. The first-order chi connectivity index (χ1) is 7.34. The maximum atomic E-state index is 11.6. The number of pyridine rings is 1. The van der Waals surface area contributed by atoms with Crippen LogP contribution < -0.4 is 4.74 Å². The molecule has 0 amide bonds. The van der Waals surface area contributed by atoms with Crippen LogP contribution >= 0.6 is 11.6 Å². The summed E-state index contributed by atoms with van der Waals surface area (Å²) in [5.74, 6) is 0.0139. The van der Waals surface area contributed by atoms with E-state index in [2.05, 4.69) is 4.98 Å². The summed E-state index contributed by atoms with van der Waals surface area (Å²) in [7, 11) is 1.46. The lowest BCUT2D eigenvalue weighted by molar-refractivity contribution is -0.133. The fourth-order valence-corrected chi connectivity index (χ4v) is 1.29. The summed E-state index contributed by atoms with van der Waals surface area (Å²) >= 11 is 5.70. The van der Waals surface area contributed by atoms with E-state index in [0.717, 1.165) is 0 Å². The molecule has 5 heteroatoms. The highest BCUT2D eigenvalue weighted by Gasteiger charge is 2.24. The van der Waals surface area contributed by atoms with Crippen LogP contribution in [0.15, 0.2) is 12.1 Å². The van der Waals surface area contributed by atoms with Gasteiger partial charge in [0.2, 0.25) is 5.88 Å². The number of Topliss-reactive ketones (excluding diaryl/α,β-unsaturated/α-hetero) is 1. The smallest absolute Gasteiger partial charge is 0.218 e. The number of hydrogen-bond donors (Lipinski definition) is 1. The zero-order chi connectivity index (χ0) is 12.3. The number of ketones is 1. The van der Waals surface area contributed by atoms with Crippen LogP contribution in [0.4, 0.5) is 0 Å². The van der Waals surface area contributed by atoms with Crippen molar-refractivity contribution in [3.63, 3.8) is 0 Å². The van der Waals surface area contributed by atoms with Gasteiger partial charge in [0, 0.05) is 12.0 Å². The highest BCUT2D eigenvalue weighted by atomic mass is 35.5. The highest BCUT2D eigenvalue weighted by Crippen LogP contribution is 2.20. The SMILES string of the molecule is COc1nc(Cl)ccc1CC(=O)C(C)(C)O. The topological polar surface area (TPSA) is 59.4 Å². The third-order valence-electron chi connectivity index (χ3n) is 2.13. The van der Waals surface area contributed by atoms with Crippen molar-refractivity contribution in [1.29, 1.82) is 0 Å². The van der Waals surface area contributed by atoms with Crippen LogP contribution in [0.1, 0.15) is 19.4 Å². The molecule has 4 nitrogen and oxygen atoms in total. The summed E-state index contributed by atoms with van der Waals surface area (Å²) in [5.41, 5.74) is -0.746. The van der Waals surface area contributed by atoms with Gasteiger partial charge in [0.25, 0.3) is 0 Å². The lowest BCUT2D eigenvalue weighted by Gasteiger charge is -2.16. The largest absolute Gasteiger partial charge is 0.481 e. The van der Waals surface area contributed by atoms with E-state index in [-0.39, 0.29) is 12.2 Å². The van der Waals surface area contributed by atoms with Crippen LogP contribution in [0, 0.1) is 0 Å². The maximum absolute atomic E-state index is 11.6. The molecule has 1 aromatic heterocycles. The Balaban J connectivity index is 2.93. The highest BCUT2D eigenvalue weighted by molar-refractivity contribution is 6.29. The van der Waals surface area contributed by atoms with Gasteiger partial charge in [0.15, 0.2) is 5.78 Å².